The van der Waals surface area contributed by atoms with Gasteiger partial charge in [-0.2, -0.15) is 0 Å². The van der Waals surface area contributed by atoms with Crippen LogP contribution in [-0.2, 0) is 0 Å². The number of aryl methyl sites for hydroxylation is 1. The van der Waals surface area contributed by atoms with E-state index in [1.54, 1.807) is 7.11 Å². The lowest BCUT2D eigenvalue weighted by Gasteiger charge is -2.11. The summed E-state index contributed by atoms with van der Waals surface area (Å²) in [5, 5.41) is 1.30. The van der Waals surface area contributed by atoms with Gasteiger partial charge in [-0.15, -0.1) is 0 Å². The summed E-state index contributed by atoms with van der Waals surface area (Å²) < 4.78 is 7.82. The number of methoxy groups -OCH3 is 1. The Labute approximate surface area is 108 Å². The molecular formula is C15H20N2O. The molecule has 0 N–H and O–H groups in total. The number of aromatic nitrogens is 1. The first-order valence-corrected chi connectivity index (χ1v) is 6.43. The molecule has 1 aromatic carbocycles. The van der Waals surface area contributed by atoms with Gasteiger partial charge in [-0.25, -0.2) is 0 Å². The molecule has 1 aromatic heterocycles. The zero-order chi connectivity index (χ0) is 12.9. The van der Waals surface area contributed by atoms with E-state index in [0.717, 1.165) is 5.75 Å². The van der Waals surface area contributed by atoms with Crippen LogP contribution in [0.5, 0.6) is 5.75 Å². The SMILES string of the molecule is COc1cc2c(ccn2C2CC2N(C)C)cc1C. The summed E-state index contributed by atoms with van der Waals surface area (Å²) in [6.45, 7) is 2.09. The number of hydrogen-bond donors (Lipinski definition) is 0. The fourth-order valence-electron chi connectivity index (χ4n) is 2.83. The molecule has 1 fully saturated rings. The Morgan fingerprint density at radius 2 is 2.11 bits per heavy atom. The van der Waals surface area contributed by atoms with E-state index in [-0.39, 0.29) is 0 Å². The van der Waals surface area contributed by atoms with Crippen LogP contribution in [0.1, 0.15) is 18.0 Å². The van der Waals surface area contributed by atoms with E-state index >= 15 is 0 Å². The molecule has 1 heterocycles. The summed E-state index contributed by atoms with van der Waals surface area (Å²) in [5.41, 5.74) is 2.48. The maximum absolute atomic E-state index is 5.43. The molecule has 0 aliphatic heterocycles. The van der Waals surface area contributed by atoms with Crippen molar-refractivity contribution >= 4 is 10.9 Å². The first kappa shape index (κ1) is 11.6. The minimum Gasteiger partial charge on any atom is -0.496 e. The van der Waals surface area contributed by atoms with Crippen molar-refractivity contribution in [2.75, 3.05) is 21.2 Å². The van der Waals surface area contributed by atoms with Crippen LogP contribution in [0.4, 0.5) is 0 Å². The van der Waals surface area contributed by atoms with Crippen LogP contribution >= 0.6 is 0 Å². The Bertz CT molecular complexity index is 585. The largest absolute Gasteiger partial charge is 0.496 e. The van der Waals surface area contributed by atoms with E-state index in [1.165, 1.54) is 22.9 Å². The zero-order valence-electron chi connectivity index (χ0n) is 11.5. The lowest BCUT2D eigenvalue weighted by atomic mass is 10.1. The molecule has 3 heteroatoms. The van der Waals surface area contributed by atoms with Crippen molar-refractivity contribution in [2.24, 2.45) is 0 Å². The van der Waals surface area contributed by atoms with Gasteiger partial charge in [0.25, 0.3) is 0 Å². The standard InChI is InChI=1S/C15H20N2O/c1-10-7-11-5-6-17(12(11)9-15(10)18-4)14-8-13(14)16(2)3/h5-7,9,13-14H,8H2,1-4H3. The fourth-order valence-corrected chi connectivity index (χ4v) is 2.83. The van der Waals surface area contributed by atoms with E-state index in [1.807, 2.05) is 0 Å². The van der Waals surface area contributed by atoms with Gasteiger partial charge in [0.1, 0.15) is 5.75 Å². The number of likely N-dealkylation sites (N-methyl/N-ethyl adjacent to an activating group) is 1. The normalized spacial score (nSPS) is 22.7. The van der Waals surface area contributed by atoms with E-state index < -0.39 is 0 Å². The highest BCUT2D eigenvalue weighted by molar-refractivity contribution is 5.83. The topological polar surface area (TPSA) is 17.4 Å². The van der Waals surface area contributed by atoms with Crippen LogP contribution in [-0.4, -0.2) is 36.7 Å². The van der Waals surface area contributed by atoms with Gasteiger partial charge < -0.3 is 14.2 Å². The smallest absolute Gasteiger partial charge is 0.123 e. The Morgan fingerprint density at radius 3 is 2.72 bits per heavy atom. The summed E-state index contributed by atoms with van der Waals surface area (Å²) in [6, 6.07) is 7.86. The summed E-state index contributed by atoms with van der Waals surface area (Å²) in [4.78, 5) is 2.31. The molecule has 18 heavy (non-hydrogen) atoms. The minimum absolute atomic E-state index is 0.616. The lowest BCUT2D eigenvalue weighted by Crippen LogP contribution is -2.17. The monoisotopic (exact) mass is 244 g/mol. The highest BCUT2D eigenvalue weighted by Gasteiger charge is 2.40. The van der Waals surface area contributed by atoms with Crippen LogP contribution in [0, 0.1) is 6.92 Å². The molecule has 96 valence electrons. The third-order valence-electron chi connectivity index (χ3n) is 3.98. The van der Waals surface area contributed by atoms with E-state index in [4.69, 9.17) is 4.74 Å². The minimum atomic E-state index is 0.616. The fraction of sp³-hybridized carbons (Fsp3) is 0.467. The average Bonchev–Trinajstić information content (AvgIpc) is 3.04. The second kappa shape index (κ2) is 4.02. The van der Waals surface area contributed by atoms with Crippen LogP contribution in [0.2, 0.25) is 0 Å². The van der Waals surface area contributed by atoms with Crippen molar-refractivity contribution < 1.29 is 4.74 Å². The quantitative estimate of drug-likeness (QED) is 0.826. The molecule has 0 radical (unpaired) electrons. The molecular weight excluding hydrogens is 224 g/mol. The zero-order valence-corrected chi connectivity index (χ0v) is 11.5. The Hall–Kier alpha value is -1.48. The van der Waals surface area contributed by atoms with Gasteiger partial charge in [-0.05, 0) is 45.1 Å². The van der Waals surface area contributed by atoms with E-state index in [9.17, 15) is 0 Å². The van der Waals surface area contributed by atoms with Crippen LogP contribution in [0.25, 0.3) is 10.9 Å². The van der Waals surface area contributed by atoms with Gasteiger partial charge in [-0.3, -0.25) is 0 Å². The Kier molecular flexibility index (Phi) is 2.59. The van der Waals surface area contributed by atoms with Gasteiger partial charge in [-0.1, -0.05) is 0 Å². The van der Waals surface area contributed by atoms with E-state index in [2.05, 4.69) is 54.9 Å². The summed E-state index contributed by atoms with van der Waals surface area (Å²) in [5.74, 6) is 0.976. The van der Waals surface area contributed by atoms with Crippen molar-refractivity contribution in [3.8, 4) is 5.75 Å². The molecule has 2 aromatic rings. The third kappa shape index (κ3) is 1.70. The molecule has 0 saturated heterocycles. The molecule has 1 aliphatic rings. The summed E-state index contributed by atoms with van der Waals surface area (Å²) in [6.07, 6.45) is 3.45. The first-order chi connectivity index (χ1) is 8.61. The average molecular weight is 244 g/mol. The molecule has 0 amide bonds. The van der Waals surface area contributed by atoms with Crippen LogP contribution < -0.4 is 4.74 Å². The van der Waals surface area contributed by atoms with Gasteiger partial charge in [0.05, 0.1) is 18.7 Å². The van der Waals surface area contributed by atoms with E-state index in [0.29, 0.717) is 12.1 Å². The maximum atomic E-state index is 5.43. The molecule has 2 unspecified atom stereocenters. The van der Waals surface area contributed by atoms with Gasteiger partial charge >= 0.3 is 0 Å². The molecule has 1 aliphatic carbocycles. The number of ether oxygens (including phenoxy) is 1. The highest BCUT2D eigenvalue weighted by atomic mass is 16.5. The van der Waals surface area contributed by atoms with Gasteiger partial charge in [0, 0.05) is 23.7 Å². The predicted molar refractivity (Wildman–Crippen MR) is 74.4 cm³/mol. The maximum Gasteiger partial charge on any atom is 0.123 e. The molecule has 0 bridgehead atoms. The molecule has 3 rings (SSSR count). The molecule has 3 nitrogen and oxygen atoms in total. The van der Waals surface area contributed by atoms with Gasteiger partial charge in [0.15, 0.2) is 0 Å². The van der Waals surface area contributed by atoms with Crippen molar-refractivity contribution in [2.45, 2.75) is 25.4 Å². The number of benzene rings is 1. The van der Waals surface area contributed by atoms with Crippen molar-refractivity contribution in [1.29, 1.82) is 0 Å². The van der Waals surface area contributed by atoms with Crippen LogP contribution in [0.3, 0.4) is 0 Å². The Balaban J connectivity index is 2.04. The van der Waals surface area contributed by atoms with Crippen LogP contribution in [0.15, 0.2) is 24.4 Å². The summed E-state index contributed by atoms with van der Waals surface area (Å²) in [7, 11) is 6.05. The number of fused-ring (bicyclic) bond motifs is 1. The Morgan fingerprint density at radius 1 is 1.33 bits per heavy atom. The second-order valence-corrected chi connectivity index (χ2v) is 5.44. The van der Waals surface area contributed by atoms with Crippen molar-refractivity contribution in [1.82, 2.24) is 9.47 Å². The molecule has 1 saturated carbocycles. The number of hydrogen-bond acceptors (Lipinski definition) is 2. The molecule has 0 spiro atoms. The third-order valence-corrected chi connectivity index (χ3v) is 3.98. The van der Waals surface area contributed by atoms with Crippen molar-refractivity contribution in [3.63, 3.8) is 0 Å². The summed E-state index contributed by atoms with van der Waals surface area (Å²) >= 11 is 0. The molecule has 2 atom stereocenters. The lowest BCUT2D eigenvalue weighted by molar-refractivity contribution is 0.377. The van der Waals surface area contributed by atoms with Gasteiger partial charge in [0.2, 0.25) is 0 Å². The second-order valence-electron chi connectivity index (χ2n) is 5.44. The first-order valence-electron chi connectivity index (χ1n) is 6.43. The number of rotatable bonds is 3. The number of nitrogens with zero attached hydrogens (tertiary/aromatic N) is 2. The predicted octanol–water partition coefficient (Wildman–Crippen LogP) is 2.83. The highest BCUT2D eigenvalue weighted by Crippen LogP contribution is 2.42. The van der Waals surface area contributed by atoms with Crippen molar-refractivity contribution in [3.05, 3.63) is 30.0 Å².